The zero-order valence-electron chi connectivity index (χ0n) is 29.6. The number of pyridine rings is 2. The van der Waals surface area contributed by atoms with Gasteiger partial charge in [-0.15, -0.1) is 65.7 Å². The average Bonchev–Trinajstić information content (AvgIpc) is 3.09. The molecule has 0 saturated heterocycles. The van der Waals surface area contributed by atoms with Crippen molar-refractivity contribution in [1.29, 1.82) is 0 Å². The summed E-state index contributed by atoms with van der Waals surface area (Å²) >= 11 is 0. The topological polar surface area (TPSA) is 25.8 Å². The van der Waals surface area contributed by atoms with Crippen LogP contribution in [0.4, 0.5) is 0 Å². The van der Waals surface area contributed by atoms with Gasteiger partial charge in [-0.3, -0.25) is 0 Å². The van der Waals surface area contributed by atoms with Gasteiger partial charge in [-0.25, -0.2) is 0 Å². The summed E-state index contributed by atoms with van der Waals surface area (Å²) < 4.78 is 21.7. The van der Waals surface area contributed by atoms with Crippen LogP contribution >= 0.6 is 0 Å². The first-order valence-electron chi connectivity index (χ1n) is 16.8. The molecule has 3 heteroatoms. The molecule has 0 atom stereocenters. The van der Waals surface area contributed by atoms with Crippen molar-refractivity contribution in [3.63, 3.8) is 0 Å². The third-order valence-corrected chi connectivity index (χ3v) is 7.85. The Balaban J connectivity index is 0.000000233. The molecule has 0 bridgehead atoms. The monoisotopic (exact) mass is 778 g/mol. The molecule has 2 aromatic heterocycles. The zero-order chi connectivity index (χ0) is 33.9. The van der Waals surface area contributed by atoms with Crippen molar-refractivity contribution in [2.45, 2.75) is 41.0 Å². The maximum Gasteiger partial charge on any atom is 0.0280 e. The molecule has 0 aliphatic heterocycles. The molecule has 46 heavy (non-hydrogen) atoms. The molecule has 0 spiro atoms. The number of benzene rings is 5. The molecule has 0 aliphatic carbocycles. The first kappa shape index (κ1) is 29.0. The van der Waals surface area contributed by atoms with E-state index in [1.54, 1.807) is 18.2 Å². The molecular weight excluding hydrogens is 737 g/mol. The standard InChI is InChI=1S/C31H28N.C12H10N.Ir/c1-21-20-32-30(18-25(21)19-31(2,3)4)23-15-13-22(14-16-23)29-17-24-9-5-6-10-26(24)27-11-7-8-12-28(27)29;1-10-7-8-12(13-9-10)11-5-3-2-4-6-11;/h5-15,17-18,20H,19H2,1-4H3;2-5,7-9H,1H3;/q2*-1;/i;1D3;. The van der Waals surface area contributed by atoms with Gasteiger partial charge in [0.2, 0.25) is 0 Å². The summed E-state index contributed by atoms with van der Waals surface area (Å²) in [4.78, 5) is 8.83. The molecule has 7 aromatic rings. The molecule has 0 aliphatic rings. The summed E-state index contributed by atoms with van der Waals surface area (Å²) in [6, 6.07) is 45.6. The van der Waals surface area contributed by atoms with Gasteiger partial charge in [-0.1, -0.05) is 110 Å². The predicted octanol–water partition coefficient (Wildman–Crippen LogP) is 11.3. The first-order valence-corrected chi connectivity index (χ1v) is 15.3. The molecule has 2 nitrogen and oxygen atoms in total. The van der Waals surface area contributed by atoms with Gasteiger partial charge in [0, 0.05) is 36.6 Å². The molecular formula is C43H38IrN2-2. The van der Waals surface area contributed by atoms with E-state index in [9.17, 15) is 0 Å². The zero-order valence-corrected chi connectivity index (χ0v) is 29.0. The molecule has 7 rings (SSSR count). The number of hydrogen-bond acceptors (Lipinski definition) is 2. The van der Waals surface area contributed by atoms with E-state index in [0.29, 0.717) is 0 Å². The van der Waals surface area contributed by atoms with Gasteiger partial charge in [-0.05, 0) is 69.7 Å². The molecule has 1 radical (unpaired) electrons. The van der Waals surface area contributed by atoms with Crippen molar-refractivity contribution >= 4 is 21.5 Å². The summed E-state index contributed by atoms with van der Waals surface area (Å²) in [5, 5.41) is 5.12. The molecule has 2 heterocycles. The molecule has 0 N–H and O–H groups in total. The minimum Gasteiger partial charge on any atom is -0.304 e. The Labute approximate surface area is 291 Å². The molecule has 0 fully saturated rings. The molecule has 0 saturated carbocycles. The van der Waals surface area contributed by atoms with E-state index >= 15 is 0 Å². The van der Waals surface area contributed by atoms with E-state index in [0.717, 1.165) is 28.9 Å². The van der Waals surface area contributed by atoms with Crippen LogP contribution in [0.5, 0.6) is 0 Å². The first-order chi connectivity index (χ1) is 23.0. The predicted molar refractivity (Wildman–Crippen MR) is 190 cm³/mol. The summed E-state index contributed by atoms with van der Waals surface area (Å²) in [6.45, 7) is 6.89. The second-order valence-electron chi connectivity index (χ2n) is 12.6. The Hall–Kier alpha value is -4.43. The van der Waals surface area contributed by atoms with Crippen LogP contribution in [-0.4, -0.2) is 9.97 Å². The van der Waals surface area contributed by atoms with E-state index in [-0.39, 0.29) is 31.1 Å². The minimum absolute atomic E-state index is 0. The van der Waals surface area contributed by atoms with Crippen LogP contribution in [0.1, 0.15) is 41.6 Å². The average molecular weight is 778 g/mol. The maximum absolute atomic E-state index is 7.23. The third-order valence-electron chi connectivity index (χ3n) is 7.85. The SMILES string of the molecule is Cc1cnc(-c2[c-]cc(-c3cc4ccccc4c4ccccc34)cc2)cc1CC(C)(C)C.[2H]C([2H])([2H])c1ccc(-c2[c-]cccc2)nc1.[Ir]. The van der Waals surface area contributed by atoms with Crippen molar-refractivity contribution in [3.05, 3.63) is 156 Å². The molecule has 231 valence electrons. The van der Waals surface area contributed by atoms with Crippen LogP contribution < -0.4 is 0 Å². The van der Waals surface area contributed by atoms with Crippen molar-refractivity contribution in [2.24, 2.45) is 5.41 Å². The number of aromatic nitrogens is 2. The maximum atomic E-state index is 7.23. The van der Waals surface area contributed by atoms with Crippen molar-refractivity contribution in [2.75, 3.05) is 0 Å². The quantitative estimate of drug-likeness (QED) is 0.131. The van der Waals surface area contributed by atoms with E-state index < -0.39 is 6.85 Å². The van der Waals surface area contributed by atoms with Crippen LogP contribution in [0.15, 0.2) is 128 Å². The van der Waals surface area contributed by atoms with Gasteiger partial charge in [0.15, 0.2) is 0 Å². The van der Waals surface area contributed by atoms with E-state index in [1.807, 2.05) is 24.4 Å². The van der Waals surface area contributed by atoms with Crippen LogP contribution in [0, 0.1) is 31.3 Å². The van der Waals surface area contributed by atoms with Crippen LogP contribution in [-0.2, 0) is 26.5 Å². The van der Waals surface area contributed by atoms with Crippen molar-refractivity contribution in [3.8, 4) is 33.6 Å². The minimum atomic E-state index is -2.09. The normalized spacial score (nSPS) is 12.3. The summed E-state index contributed by atoms with van der Waals surface area (Å²) in [7, 11) is 0. The second kappa shape index (κ2) is 14.3. The summed E-state index contributed by atoms with van der Waals surface area (Å²) in [6.07, 6.45) is 4.42. The number of nitrogens with zero attached hydrogens (tertiary/aromatic N) is 2. The Morgan fingerprint density at radius 2 is 1.41 bits per heavy atom. The fourth-order valence-electron chi connectivity index (χ4n) is 5.63. The Morgan fingerprint density at radius 3 is 2.09 bits per heavy atom. The van der Waals surface area contributed by atoms with Crippen LogP contribution in [0.25, 0.3) is 55.2 Å². The van der Waals surface area contributed by atoms with Gasteiger partial charge in [0.25, 0.3) is 0 Å². The van der Waals surface area contributed by atoms with Crippen LogP contribution in [0.2, 0.25) is 0 Å². The fourth-order valence-corrected chi connectivity index (χ4v) is 5.63. The number of aryl methyl sites for hydroxylation is 2. The van der Waals surface area contributed by atoms with E-state index in [4.69, 9.17) is 9.10 Å². The smallest absolute Gasteiger partial charge is 0.0280 e. The number of hydrogen-bond donors (Lipinski definition) is 0. The Morgan fingerprint density at radius 1 is 0.696 bits per heavy atom. The largest absolute Gasteiger partial charge is 0.304 e. The Kier molecular flexibility index (Phi) is 9.04. The molecule has 5 aromatic carbocycles. The van der Waals surface area contributed by atoms with Gasteiger partial charge in [0.05, 0.1) is 0 Å². The van der Waals surface area contributed by atoms with E-state index in [1.165, 1.54) is 50.0 Å². The van der Waals surface area contributed by atoms with Gasteiger partial charge in [-0.2, -0.15) is 0 Å². The van der Waals surface area contributed by atoms with Crippen LogP contribution in [0.3, 0.4) is 0 Å². The second-order valence-corrected chi connectivity index (χ2v) is 12.6. The molecule has 0 unspecified atom stereocenters. The van der Waals surface area contributed by atoms with Gasteiger partial charge in [0.1, 0.15) is 0 Å². The van der Waals surface area contributed by atoms with Crippen molar-refractivity contribution < 1.29 is 24.2 Å². The van der Waals surface area contributed by atoms with Crippen molar-refractivity contribution in [1.82, 2.24) is 9.97 Å². The van der Waals surface area contributed by atoms with E-state index in [2.05, 4.69) is 124 Å². The van der Waals surface area contributed by atoms with Gasteiger partial charge < -0.3 is 9.97 Å². The number of fused-ring (bicyclic) bond motifs is 3. The molecule has 0 amide bonds. The number of rotatable bonds is 4. The fraction of sp³-hybridized carbons (Fsp3) is 0.163. The summed E-state index contributed by atoms with van der Waals surface area (Å²) in [5.74, 6) is 0. The van der Waals surface area contributed by atoms with Gasteiger partial charge >= 0.3 is 0 Å². The Bertz CT molecular complexity index is 2170. The summed E-state index contributed by atoms with van der Waals surface area (Å²) in [5.41, 5.74) is 9.15. The third kappa shape index (κ3) is 7.68.